The van der Waals surface area contributed by atoms with Crippen LogP contribution in [0.15, 0.2) is 0 Å². The molecule has 0 rings (SSSR count). The van der Waals surface area contributed by atoms with Crippen molar-refractivity contribution in [3.63, 3.8) is 0 Å². The quantitative estimate of drug-likeness (QED) is 0.0887. The van der Waals surface area contributed by atoms with Gasteiger partial charge < -0.3 is 59.4 Å². The van der Waals surface area contributed by atoms with E-state index in [1.54, 1.807) is 0 Å². The number of unbranched alkanes of at least 4 members (excludes halogenated alkanes) is 15. The standard InChI is InChI=1S/3C10H18O4.2La/c3*11-9(12)7-5-3-1-2-4-6-8-10(13)14;;/h3*1-8H2,(H,11,12)(H,13,14);;/q;;;2*+3/p-6. The Morgan fingerprint density at radius 2 is 0.318 bits per heavy atom. The first kappa shape index (κ1) is 52.7. The fourth-order valence-electron chi connectivity index (χ4n) is 3.74. The Labute approximate surface area is 317 Å². The van der Waals surface area contributed by atoms with E-state index in [2.05, 4.69) is 0 Å². The minimum Gasteiger partial charge on any atom is -0.550 e. The number of carboxylic acid groups (broad SMARTS) is 6. The number of aliphatic carboxylic acids is 6. The molecule has 0 amide bonds. The van der Waals surface area contributed by atoms with Gasteiger partial charge in [0.15, 0.2) is 0 Å². The number of rotatable bonds is 27. The normalized spacial score (nSPS) is 9.55. The van der Waals surface area contributed by atoms with Crippen molar-refractivity contribution in [1.29, 1.82) is 0 Å². The summed E-state index contributed by atoms with van der Waals surface area (Å²) in [5.41, 5.74) is 0. The molecule has 0 aliphatic heterocycles. The van der Waals surface area contributed by atoms with Crippen LogP contribution in [0.2, 0.25) is 0 Å². The van der Waals surface area contributed by atoms with Crippen molar-refractivity contribution in [3.05, 3.63) is 0 Å². The first-order chi connectivity index (χ1) is 19.9. The zero-order chi connectivity index (χ0) is 32.4. The smallest absolute Gasteiger partial charge is 0.550 e. The summed E-state index contributed by atoms with van der Waals surface area (Å²) < 4.78 is 0. The molecule has 0 bridgehead atoms. The van der Waals surface area contributed by atoms with E-state index in [0.717, 1.165) is 77.0 Å². The van der Waals surface area contributed by atoms with E-state index in [1.165, 1.54) is 0 Å². The average molecular weight is 879 g/mol. The summed E-state index contributed by atoms with van der Waals surface area (Å²) in [7, 11) is 0. The molecule has 0 atom stereocenters. The van der Waals surface area contributed by atoms with Crippen molar-refractivity contribution in [1.82, 2.24) is 0 Å². The SMILES string of the molecule is O=C([O-])CCCCCCCCC(=O)[O-].O=C([O-])CCCCCCCCC(=O)[O-].O=C([O-])CCCCCCCCC(=O)[O-].[La+3].[La+3]. The second kappa shape index (κ2) is 42.2. The van der Waals surface area contributed by atoms with Crippen molar-refractivity contribution >= 4 is 35.8 Å². The predicted octanol–water partition coefficient (Wildman–Crippen LogP) is -1.18. The first-order valence-corrected chi connectivity index (χ1v) is 15.1. The summed E-state index contributed by atoms with van der Waals surface area (Å²) in [4.78, 5) is 60.2. The van der Waals surface area contributed by atoms with Gasteiger partial charge in [0.1, 0.15) is 0 Å². The zero-order valence-electron chi connectivity index (χ0n) is 26.0. The van der Waals surface area contributed by atoms with Gasteiger partial charge in [-0.25, -0.2) is 0 Å². The Morgan fingerprint density at radius 3 is 0.409 bits per heavy atom. The van der Waals surface area contributed by atoms with Crippen molar-refractivity contribution in [2.24, 2.45) is 0 Å². The largest absolute Gasteiger partial charge is 3.00 e. The van der Waals surface area contributed by atoms with Crippen LogP contribution in [0.1, 0.15) is 154 Å². The molecule has 0 saturated heterocycles. The van der Waals surface area contributed by atoms with Crippen molar-refractivity contribution in [2.45, 2.75) is 154 Å². The maximum Gasteiger partial charge on any atom is 3.00 e. The zero-order valence-corrected chi connectivity index (χ0v) is 33.3. The van der Waals surface area contributed by atoms with Crippen LogP contribution in [-0.2, 0) is 28.8 Å². The maximum atomic E-state index is 10.0. The van der Waals surface area contributed by atoms with E-state index < -0.39 is 35.8 Å². The first-order valence-electron chi connectivity index (χ1n) is 15.1. The third kappa shape index (κ3) is 64.2. The van der Waals surface area contributed by atoms with E-state index in [1.807, 2.05) is 0 Å². The summed E-state index contributed by atoms with van der Waals surface area (Å²) in [6.45, 7) is 0. The molecule has 14 heteroatoms. The van der Waals surface area contributed by atoms with Gasteiger partial charge in [-0.05, 0) is 77.0 Å². The molecule has 0 N–H and O–H groups in total. The number of carbonyl (C=O) groups excluding carboxylic acids is 6. The van der Waals surface area contributed by atoms with Gasteiger partial charge in [-0.2, -0.15) is 0 Å². The van der Waals surface area contributed by atoms with Gasteiger partial charge in [0.05, 0.1) is 0 Å². The van der Waals surface area contributed by atoms with Gasteiger partial charge in [-0.3, -0.25) is 0 Å². The molecule has 0 aliphatic carbocycles. The van der Waals surface area contributed by atoms with Crippen LogP contribution in [0.25, 0.3) is 0 Å². The number of hydrogen-bond acceptors (Lipinski definition) is 12. The van der Waals surface area contributed by atoms with E-state index in [4.69, 9.17) is 0 Å². The molecule has 44 heavy (non-hydrogen) atoms. The van der Waals surface area contributed by atoms with Gasteiger partial charge >= 0.3 is 71.2 Å². The van der Waals surface area contributed by atoms with Crippen molar-refractivity contribution in [3.8, 4) is 0 Å². The molecule has 0 heterocycles. The molecule has 12 nitrogen and oxygen atoms in total. The Hall–Kier alpha value is -0.790. The van der Waals surface area contributed by atoms with Gasteiger partial charge in [0.25, 0.3) is 0 Å². The Balaban J connectivity index is -0.000000169. The monoisotopic (exact) mass is 878 g/mol. The molecule has 0 aliphatic rings. The summed E-state index contributed by atoms with van der Waals surface area (Å²) in [6.07, 6.45) is 15.7. The van der Waals surface area contributed by atoms with Crippen LogP contribution < -0.4 is 30.6 Å². The molecular weight excluding hydrogens is 830 g/mol. The number of carboxylic acids is 6. The molecule has 0 spiro atoms. The van der Waals surface area contributed by atoms with E-state index in [0.29, 0.717) is 38.5 Å². The molecule has 0 aromatic carbocycles. The average Bonchev–Trinajstić information content (AvgIpc) is 2.88. The molecule has 246 valence electrons. The van der Waals surface area contributed by atoms with Crippen molar-refractivity contribution < 1.29 is 131 Å². The summed E-state index contributed by atoms with van der Waals surface area (Å²) in [5.74, 6) is -5.99. The Kier molecular flexibility index (Phi) is 50.6. The fraction of sp³-hybridized carbons (Fsp3) is 0.800. The summed E-state index contributed by atoms with van der Waals surface area (Å²) in [6, 6.07) is 0. The number of hydrogen-bond donors (Lipinski definition) is 0. The number of carbonyl (C=O) groups is 6. The van der Waals surface area contributed by atoms with Crippen LogP contribution in [-0.4, -0.2) is 35.8 Å². The second-order valence-corrected chi connectivity index (χ2v) is 10.1. The molecule has 0 fully saturated rings. The fourth-order valence-corrected chi connectivity index (χ4v) is 3.74. The molecule has 0 aromatic rings. The van der Waals surface area contributed by atoms with Gasteiger partial charge in [0, 0.05) is 35.8 Å². The van der Waals surface area contributed by atoms with E-state index in [9.17, 15) is 59.4 Å². The Morgan fingerprint density at radius 1 is 0.227 bits per heavy atom. The van der Waals surface area contributed by atoms with Crippen LogP contribution in [0.3, 0.4) is 0 Å². The minimum atomic E-state index is -0.998. The van der Waals surface area contributed by atoms with Gasteiger partial charge in [-0.1, -0.05) is 77.0 Å². The molecule has 0 aromatic heterocycles. The van der Waals surface area contributed by atoms with E-state index >= 15 is 0 Å². The maximum absolute atomic E-state index is 10.0. The minimum absolute atomic E-state index is 0. The Bertz CT molecular complexity index is 578. The predicted molar refractivity (Wildman–Crippen MR) is 141 cm³/mol. The molecule has 0 radical (unpaired) electrons. The second-order valence-electron chi connectivity index (χ2n) is 10.1. The van der Waals surface area contributed by atoms with Crippen LogP contribution in [0.5, 0.6) is 0 Å². The molecular formula is C30H48La2O12. The van der Waals surface area contributed by atoms with Crippen LogP contribution in [0.4, 0.5) is 0 Å². The third-order valence-corrected chi connectivity index (χ3v) is 6.04. The third-order valence-electron chi connectivity index (χ3n) is 6.04. The molecule has 0 saturated carbocycles. The van der Waals surface area contributed by atoms with Crippen LogP contribution in [0, 0.1) is 71.2 Å². The van der Waals surface area contributed by atoms with Crippen molar-refractivity contribution in [2.75, 3.05) is 0 Å². The van der Waals surface area contributed by atoms with Gasteiger partial charge in [0.2, 0.25) is 0 Å². The van der Waals surface area contributed by atoms with E-state index in [-0.39, 0.29) is 110 Å². The van der Waals surface area contributed by atoms with Gasteiger partial charge in [-0.15, -0.1) is 0 Å². The topological polar surface area (TPSA) is 241 Å². The summed E-state index contributed by atoms with van der Waals surface area (Å²) in [5, 5.41) is 60.2. The summed E-state index contributed by atoms with van der Waals surface area (Å²) >= 11 is 0. The van der Waals surface area contributed by atoms with Crippen LogP contribution >= 0.6 is 0 Å². The molecule has 0 unspecified atom stereocenters.